The minimum atomic E-state index is -0.675. The summed E-state index contributed by atoms with van der Waals surface area (Å²) in [5.74, 6) is 0.302. The number of ketones is 1. The second-order valence-corrected chi connectivity index (χ2v) is 7.39. The number of primary amides is 1. The van der Waals surface area contributed by atoms with Crippen LogP contribution in [0.4, 0.5) is 5.95 Å². The molecule has 28 heavy (non-hydrogen) atoms. The molecule has 0 aliphatic rings. The van der Waals surface area contributed by atoms with Gasteiger partial charge in [-0.05, 0) is 51.3 Å². The van der Waals surface area contributed by atoms with E-state index in [9.17, 15) is 9.59 Å². The van der Waals surface area contributed by atoms with Crippen LogP contribution in [0.1, 0.15) is 49.5 Å². The van der Waals surface area contributed by atoms with Crippen LogP contribution in [0.3, 0.4) is 0 Å². The molecule has 1 heterocycles. The van der Waals surface area contributed by atoms with Crippen molar-refractivity contribution in [2.24, 2.45) is 5.73 Å². The Balaban J connectivity index is 2.28. The molecule has 7 heteroatoms. The Labute approximate surface area is 165 Å². The van der Waals surface area contributed by atoms with Crippen LogP contribution < -0.4 is 15.8 Å². The van der Waals surface area contributed by atoms with Crippen LogP contribution in [0.2, 0.25) is 0 Å². The van der Waals surface area contributed by atoms with Crippen LogP contribution in [0.15, 0.2) is 43.1 Å². The van der Waals surface area contributed by atoms with Gasteiger partial charge in [0.05, 0.1) is 0 Å². The number of ether oxygens (including phenoxy) is 1. The molecule has 1 aromatic heterocycles. The molecule has 1 aromatic carbocycles. The number of nitrogens with zero attached hydrogens (tertiary/aromatic N) is 2. The van der Waals surface area contributed by atoms with Gasteiger partial charge in [0, 0.05) is 18.2 Å². The topological polar surface area (TPSA) is 107 Å². The third kappa shape index (κ3) is 6.19. The Kier molecular flexibility index (Phi) is 6.87. The Morgan fingerprint density at radius 1 is 1.29 bits per heavy atom. The first-order valence-electron chi connectivity index (χ1n) is 9.05. The maximum Gasteiger partial charge on any atom is 0.255 e. The highest BCUT2D eigenvalue weighted by Gasteiger charge is 2.18. The van der Waals surface area contributed by atoms with Crippen molar-refractivity contribution in [3.63, 3.8) is 0 Å². The SMILES string of the molecule is C=CC(=O)CCCc1ccccc1Oc1nc(NC(C)(C)C)ncc1C(N)=O. The lowest BCUT2D eigenvalue weighted by Crippen LogP contribution is -2.27. The summed E-state index contributed by atoms with van der Waals surface area (Å²) in [6, 6.07) is 7.41. The Morgan fingerprint density at radius 3 is 2.64 bits per heavy atom. The van der Waals surface area contributed by atoms with Crippen molar-refractivity contribution in [2.45, 2.75) is 45.6 Å². The van der Waals surface area contributed by atoms with E-state index in [1.54, 1.807) is 6.07 Å². The summed E-state index contributed by atoms with van der Waals surface area (Å²) < 4.78 is 5.94. The van der Waals surface area contributed by atoms with Gasteiger partial charge in [0.25, 0.3) is 5.91 Å². The van der Waals surface area contributed by atoms with Crippen LogP contribution in [0.5, 0.6) is 11.6 Å². The molecule has 0 saturated heterocycles. The van der Waals surface area contributed by atoms with Crippen LogP contribution in [0.25, 0.3) is 0 Å². The monoisotopic (exact) mass is 382 g/mol. The van der Waals surface area contributed by atoms with Gasteiger partial charge in [-0.15, -0.1) is 0 Å². The lowest BCUT2D eigenvalue weighted by atomic mass is 10.1. The number of carbonyl (C=O) groups excluding carboxylic acids is 2. The predicted molar refractivity (Wildman–Crippen MR) is 109 cm³/mol. The van der Waals surface area contributed by atoms with E-state index in [-0.39, 0.29) is 22.8 Å². The van der Waals surface area contributed by atoms with Gasteiger partial charge in [-0.3, -0.25) is 9.59 Å². The first-order chi connectivity index (χ1) is 13.2. The minimum Gasteiger partial charge on any atom is -0.438 e. The number of anilines is 1. The Morgan fingerprint density at radius 2 is 2.00 bits per heavy atom. The standard InChI is InChI=1S/C21H26N4O3/c1-5-15(26)11-8-10-14-9-6-7-12-17(14)28-19-16(18(22)27)13-23-20(24-19)25-21(2,3)4/h5-7,9,12-13H,1,8,10-11H2,2-4H3,(H2,22,27)(H,23,24,25). The third-order valence-corrected chi connectivity index (χ3v) is 3.78. The van der Waals surface area contributed by atoms with Crippen molar-refractivity contribution in [3.05, 3.63) is 54.2 Å². The van der Waals surface area contributed by atoms with E-state index in [2.05, 4.69) is 21.9 Å². The second kappa shape index (κ2) is 9.12. The molecule has 0 bridgehead atoms. The zero-order chi connectivity index (χ0) is 20.7. The van der Waals surface area contributed by atoms with Gasteiger partial charge in [0.15, 0.2) is 5.78 Å². The lowest BCUT2D eigenvalue weighted by Gasteiger charge is -2.21. The number of benzene rings is 1. The van der Waals surface area contributed by atoms with Crippen LogP contribution in [-0.2, 0) is 11.2 Å². The average molecular weight is 382 g/mol. The molecule has 0 aliphatic carbocycles. The molecule has 0 saturated carbocycles. The number of hydrogen-bond acceptors (Lipinski definition) is 6. The smallest absolute Gasteiger partial charge is 0.255 e. The molecule has 0 fully saturated rings. The van der Waals surface area contributed by atoms with E-state index in [4.69, 9.17) is 10.5 Å². The number of nitrogens with one attached hydrogen (secondary N) is 1. The summed E-state index contributed by atoms with van der Waals surface area (Å²) in [5, 5.41) is 3.14. The number of para-hydroxylation sites is 1. The van der Waals surface area contributed by atoms with Crippen molar-refractivity contribution in [1.29, 1.82) is 0 Å². The summed E-state index contributed by atoms with van der Waals surface area (Å²) in [7, 11) is 0. The Bertz CT molecular complexity index is 872. The van der Waals surface area contributed by atoms with Crippen molar-refractivity contribution < 1.29 is 14.3 Å². The number of nitrogens with two attached hydrogens (primary N) is 1. The van der Waals surface area contributed by atoms with Crippen LogP contribution >= 0.6 is 0 Å². The van der Waals surface area contributed by atoms with Gasteiger partial charge >= 0.3 is 0 Å². The summed E-state index contributed by atoms with van der Waals surface area (Å²) in [4.78, 5) is 31.7. The minimum absolute atomic E-state index is 0.00288. The number of allylic oxidation sites excluding steroid dienone is 1. The zero-order valence-corrected chi connectivity index (χ0v) is 16.5. The van der Waals surface area contributed by atoms with Gasteiger partial charge in [-0.1, -0.05) is 24.8 Å². The first-order valence-corrected chi connectivity index (χ1v) is 9.05. The normalized spacial score (nSPS) is 11.0. The number of aromatic nitrogens is 2. The molecule has 7 nitrogen and oxygen atoms in total. The molecule has 0 spiro atoms. The zero-order valence-electron chi connectivity index (χ0n) is 16.5. The molecule has 3 N–H and O–H groups in total. The summed E-state index contributed by atoms with van der Waals surface area (Å²) >= 11 is 0. The van der Waals surface area contributed by atoms with Crippen molar-refractivity contribution in [2.75, 3.05) is 5.32 Å². The van der Waals surface area contributed by atoms with Crippen molar-refractivity contribution >= 4 is 17.6 Å². The maximum absolute atomic E-state index is 11.8. The van der Waals surface area contributed by atoms with E-state index >= 15 is 0 Å². The number of carbonyl (C=O) groups is 2. The third-order valence-electron chi connectivity index (χ3n) is 3.78. The first kappa shape index (κ1) is 21.1. The molecule has 0 aliphatic heterocycles. The van der Waals surface area contributed by atoms with Crippen molar-refractivity contribution in [1.82, 2.24) is 9.97 Å². The summed E-state index contributed by atoms with van der Waals surface area (Å²) in [6.45, 7) is 9.39. The molecular formula is C21H26N4O3. The lowest BCUT2D eigenvalue weighted by molar-refractivity contribution is -0.114. The van der Waals surface area contributed by atoms with Crippen molar-refractivity contribution in [3.8, 4) is 11.6 Å². The molecule has 2 aromatic rings. The summed E-state index contributed by atoms with van der Waals surface area (Å²) in [6.07, 6.45) is 4.39. The quantitative estimate of drug-likeness (QED) is 0.641. The summed E-state index contributed by atoms with van der Waals surface area (Å²) in [5.41, 5.74) is 6.18. The fraction of sp³-hybridized carbons (Fsp3) is 0.333. The maximum atomic E-state index is 11.8. The molecule has 2 rings (SSSR count). The van der Waals surface area contributed by atoms with Crippen LogP contribution in [-0.4, -0.2) is 27.2 Å². The average Bonchev–Trinajstić information content (AvgIpc) is 2.61. The van der Waals surface area contributed by atoms with Gasteiger partial charge in [0.1, 0.15) is 11.3 Å². The molecule has 0 unspecified atom stereocenters. The number of rotatable bonds is 9. The van der Waals surface area contributed by atoms with Gasteiger partial charge in [-0.25, -0.2) is 4.98 Å². The molecule has 0 radical (unpaired) electrons. The van der Waals surface area contributed by atoms with Gasteiger partial charge < -0.3 is 15.8 Å². The highest BCUT2D eigenvalue weighted by atomic mass is 16.5. The largest absolute Gasteiger partial charge is 0.438 e. The number of aryl methyl sites for hydroxylation is 1. The fourth-order valence-electron chi connectivity index (χ4n) is 2.48. The second-order valence-electron chi connectivity index (χ2n) is 7.39. The van der Waals surface area contributed by atoms with E-state index in [1.807, 2.05) is 39.0 Å². The highest BCUT2D eigenvalue weighted by molar-refractivity contribution is 5.95. The predicted octanol–water partition coefficient (Wildman–Crippen LogP) is 3.66. The van der Waals surface area contributed by atoms with Crippen LogP contribution in [0, 0.1) is 0 Å². The van der Waals surface area contributed by atoms with E-state index in [0.29, 0.717) is 31.0 Å². The number of amides is 1. The molecule has 0 atom stereocenters. The fourth-order valence-corrected chi connectivity index (χ4v) is 2.48. The highest BCUT2D eigenvalue weighted by Crippen LogP contribution is 2.28. The van der Waals surface area contributed by atoms with E-state index < -0.39 is 5.91 Å². The Hall–Kier alpha value is -3.22. The molecular weight excluding hydrogens is 356 g/mol. The van der Waals surface area contributed by atoms with Gasteiger partial charge in [-0.2, -0.15) is 4.98 Å². The molecule has 1 amide bonds. The molecule has 148 valence electrons. The number of hydrogen-bond donors (Lipinski definition) is 2. The van der Waals surface area contributed by atoms with Gasteiger partial charge in [0.2, 0.25) is 11.8 Å². The van der Waals surface area contributed by atoms with E-state index in [1.165, 1.54) is 12.3 Å². The van der Waals surface area contributed by atoms with E-state index in [0.717, 1.165) is 5.56 Å².